The van der Waals surface area contributed by atoms with Gasteiger partial charge in [-0.1, -0.05) is 46.0 Å². The Hall–Kier alpha value is -1.17. The maximum absolute atomic E-state index is 9.82. The summed E-state index contributed by atoms with van der Waals surface area (Å²) in [5.74, 6) is -0.211. The molecule has 90 valence electrons. The Morgan fingerprint density at radius 2 is 1.60 bits per heavy atom. The predicted octanol–water partition coefficient (Wildman–Crippen LogP) is 3.11. The maximum Gasteiger partial charge on any atom is 0.302 e. The highest BCUT2D eigenvalue weighted by atomic mass is 16.5. The molecule has 0 rings (SSSR count). The van der Waals surface area contributed by atoms with Crippen molar-refractivity contribution in [1.29, 1.82) is 0 Å². The Balaban J connectivity index is -0.000000153. The number of ether oxygens (including phenoxy) is 1. The summed E-state index contributed by atoms with van der Waals surface area (Å²) in [5, 5.41) is 7.10. The van der Waals surface area contributed by atoms with Gasteiger partial charge in [0.1, 0.15) is 6.11 Å². The predicted molar refractivity (Wildman–Crippen MR) is 62.9 cm³/mol. The van der Waals surface area contributed by atoms with Crippen LogP contribution in [0.4, 0.5) is 0 Å². The normalized spacial score (nSPS) is 7.13. The lowest BCUT2D eigenvalue weighted by Gasteiger charge is -1.89. The Labute approximate surface area is 93.8 Å². The number of aliphatic hydroxyl groups excluding tert-OH is 1. The molecule has 0 aromatic rings. The van der Waals surface area contributed by atoms with Crippen molar-refractivity contribution in [2.45, 2.75) is 53.4 Å². The van der Waals surface area contributed by atoms with E-state index < -0.39 is 0 Å². The number of esters is 1. The number of terminal acetylenes is 1. The maximum atomic E-state index is 9.82. The monoisotopic (exact) mass is 216 g/mol. The Morgan fingerprint density at radius 1 is 1.27 bits per heavy atom. The summed E-state index contributed by atoms with van der Waals surface area (Å²) in [4.78, 5) is 9.82. The van der Waals surface area contributed by atoms with Crippen molar-refractivity contribution >= 4 is 5.97 Å². The van der Waals surface area contributed by atoms with Gasteiger partial charge in [0, 0.05) is 6.92 Å². The lowest BCUT2D eigenvalue weighted by molar-refractivity contribution is -0.140. The van der Waals surface area contributed by atoms with Gasteiger partial charge in [-0.05, 0) is 6.92 Å². The van der Waals surface area contributed by atoms with Crippen molar-refractivity contribution in [3.8, 4) is 12.5 Å². The standard InChI is InChI=1S/C6H14.C4H8O2.C2H2O/c1-3-5-6-4-2;1-3-6-4(2)5;1-2-3/h3-6H2,1-2H3;3H2,1-2H3;1,3H. The number of carbonyl (C=O) groups excluding carboxylic acids is 1. The lowest BCUT2D eigenvalue weighted by atomic mass is 10.2. The van der Waals surface area contributed by atoms with E-state index in [2.05, 4.69) is 25.0 Å². The first-order valence-electron chi connectivity index (χ1n) is 5.33. The van der Waals surface area contributed by atoms with Gasteiger partial charge in [0.05, 0.1) is 6.61 Å². The van der Waals surface area contributed by atoms with Crippen molar-refractivity contribution in [2.24, 2.45) is 0 Å². The third-order valence-electron chi connectivity index (χ3n) is 1.30. The van der Waals surface area contributed by atoms with Crippen LogP contribution in [0.1, 0.15) is 53.4 Å². The SMILES string of the molecule is C#CO.CCCCCC.CCOC(C)=O. The number of carbonyl (C=O) groups is 1. The number of hydrogen-bond donors (Lipinski definition) is 1. The highest BCUT2D eigenvalue weighted by Crippen LogP contribution is 1.95. The van der Waals surface area contributed by atoms with Crippen molar-refractivity contribution in [1.82, 2.24) is 0 Å². The van der Waals surface area contributed by atoms with Crippen LogP contribution in [0.15, 0.2) is 0 Å². The van der Waals surface area contributed by atoms with Gasteiger partial charge in [0.15, 0.2) is 0 Å². The molecule has 0 unspecified atom stereocenters. The first-order chi connectivity index (χ1) is 7.10. The lowest BCUT2D eigenvalue weighted by Crippen LogP contribution is -1.95. The molecule has 1 N–H and O–H groups in total. The van der Waals surface area contributed by atoms with Gasteiger partial charge in [-0.25, -0.2) is 0 Å². The van der Waals surface area contributed by atoms with Crippen molar-refractivity contribution < 1.29 is 14.6 Å². The van der Waals surface area contributed by atoms with Crippen LogP contribution in [0.5, 0.6) is 0 Å². The van der Waals surface area contributed by atoms with Gasteiger partial charge in [-0.2, -0.15) is 0 Å². The topological polar surface area (TPSA) is 46.5 Å². The van der Waals surface area contributed by atoms with Gasteiger partial charge in [0.25, 0.3) is 0 Å². The molecule has 3 nitrogen and oxygen atoms in total. The zero-order valence-electron chi connectivity index (χ0n) is 10.4. The van der Waals surface area contributed by atoms with E-state index in [-0.39, 0.29) is 5.97 Å². The summed E-state index contributed by atoms with van der Waals surface area (Å²) < 4.78 is 4.40. The molecule has 3 heteroatoms. The van der Waals surface area contributed by atoms with E-state index in [4.69, 9.17) is 5.11 Å². The molecule has 0 aliphatic rings. The van der Waals surface area contributed by atoms with E-state index in [1.165, 1.54) is 38.7 Å². The molecule has 0 atom stereocenters. The molecule has 0 saturated heterocycles. The second kappa shape index (κ2) is 23.0. The van der Waals surface area contributed by atoms with E-state index >= 15 is 0 Å². The molecule has 0 aromatic heterocycles. The fourth-order valence-corrected chi connectivity index (χ4v) is 0.703. The van der Waals surface area contributed by atoms with Crippen LogP contribution in [0.25, 0.3) is 0 Å². The van der Waals surface area contributed by atoms with Crippen LogP contribution < -0.4 is 0 Å². The number of rotatable bonds is 4. The minimum absolute atomic E-state index is 0.211. The molecule has 0 spiro atoms. The fourth-order valence-electron chi connectivity index (χ4n) is 0.703. The molecule has 0 amide bonds. The zero-order valence-corrected chi connectivity index (χ0v) is 10.4. The zero-order chi connectivity index (χ0) is 12.5. The van der Waals surface area contributed by atoms with E-state index in [1.807, 2.05) is 0 Å². The second-order valence-corrected chi connectivity index (χ2v) is 2.76. The molecule has 0 bridgehead atoms. The minimum Gasteiger partial charge on any atom is -0.466 e. The molecule has 0 heterocycles. The number of aliphatic hydroxyl groups is 1. The molecule has 0 aliphatic carbocycles. The van der Waals surface area contributed by atoms with E-state index in [0.29, 0.717) is 6.61 Å². The first kappa shape index (κ1) is 19.4. The summed E-state index contributed by atoms with van der Waals surface area (Å²) in [5.41, 5.74) is 0. The third-order valence-corrected chi connectivity index (χ3v) is 1.30. The van der Waals surface area contributed by atoms with E-state index in [1.54, 1.807) is 6.92 Å². The molecule has 0 fully saturated rings. The Kier molecular flexibility index (Phi) is 29.8. The van der Waals surface area contributed by atoms with Gasteiger partial charge < -0.3 is 9.84 Å². The van der Waals surface area contributed by atoms with Crippen LogP contribution in [-0.4, -0.2) is 17.7 Å². The Bertz CT molecular complexity index is 143. The number of unbranched alkanes of at least 4 members (excludes halogenated alkanes) is 3. The number of hydrogen-bond acceptors (Lipinski definition) is 3. The first-order valence-corrected chi connectivity index (χ1v) is 5.33. The van der Waals surface area contributed by atoms with E-state index in [0.717, 1.165) is 0 Å². The van der Waals surface area contributed by atoms with Gasteiger partial charge in [-0.3, -0.25) is 4.79 Å². The average Bonchev–Trinajstić information content (AvgIpc) is 2.16. The summed E-state index contributed by atoms with van der Waals surface area (Å²) in [6.07, 6.45) is 10.9. The summed E-state index contributed by atoms with van der Waals surface area (Å²) in [7, 11) is 0. The Morgan fingerprint density at radius 3 is 1.67 bits per heavy atom. The molecule has 0 aliphatic heterocycles. The van der Waals surface area contributed by atoms with Crippen LogP contribution in [0.3, 0.4) is 0 Å². The van der Waals surface area contributed by atoms with Crippen molar-refractivity contribution in [2.75, 3.05) is 6.61 Å². The highest BCUT2D eigenvalue weighted by molar-refractivity contribution is 5.65. The molecule has 0 radical (unpaired) electrons. The molecule has 15 heavy (non-hydrogen) atoms. The highest BCUT2D eigenvalue weighted by Gasteiger charge is 1.81. The molecule has 0 saturated carbocycles. The minimum atomic E-state index is -0.211. The van der Waals surface area contributed by atoms with Gasteiger partial charge >= 0.3 is 5.97 Å². The smallest absolute Gasteiger partial charge is 0.302 e. The van der Waals surface area contributed by atoms with Crippen LogP contribution >= 0.6 is 0 Å². The third kappa shape index (κ3) is 64.5. The largest absolute Gasteiger partial charge is 0.466 e. The van der Waals surface area contributed by atoms with Gasteiger partial charge in [-0.15, -0.1) is 0 Å². The quantitative estimate of drug-likeness (QED) is 0.446. The molecule has 0 aromatic carbocycles. The van der Waals surface area contributed by atoms with Crippen molar-refractivity contribution in [3.63, 3.8) is 0 Å². The summed E-state index contributed by atoms with van der Waals surface area (Å²) >= 11 is 0. The van der Waals surface area contributed by atoms with Crippen LogP contribution in [0.2, 0.25) is 0 Å². The van der Waals surface area contributed by atoms with E-state index in [9.17, 15) is 4.79 Å². The van der Waals surface area contributed by atoms with Crippen LogP contribution in [-0.2, 0) is 9.53 Å². The fraction of sp³-hybridized carbons (Fsp3) is 0.750. The van der Waals surface area contributed by atoms with Gasteiger partial charge in [0.2, 0.25) is 0 Å². The summed E-state index contributed by atoms with van der Waals surface area (Å²) in [6.45, 7) is 8.12. The van der Waals surface area contributed by atoms with Crippen molar-refractivity contribution in [3.05, 3.63) is 0 Å². The van der Waals surface area contributed by atoms with Crippen LogP contribution in [0, 0.1) is 12.5 Å². The summed E-state index contributed by atoms with van der Waals surface area (Å²) in [6, 6.07) is 0. The average molecular weight is 216 g/mol. The second-order valence-electron chi connectivity index (χ2n) is 2.76. The molecular weight excluding hydrogens is 192 g/mol. The molecular formula is C12H24O3.